The fraction of sp³-hybridized carbons (Fsp3) is 0.364. The second-order valence-electron chi connectivity index (χ2n) is 3.59. The number of halogens is 1. The Bertz CT molecular complexity index is 362. The number of thiocarbonyl (C=S) groups is 1. The van der Waals surface area contributed by atoms with Crippen LogP contribution in [0.4, 0.5) is 5.69 Å². The summed E-state index contributed by atoms with van der Waals surface area (Å²) in [7, 11) is 0. The quantitative estimate of drug-likeness (QED) is 0.446. The number of rotatable bonds is 1. The van der Waals surface area contributed by atoms with Crippen molar-refractivity contribution >= 4 is 34.0 Å². The summed E-state index contributed by atoms with van der Waals surface area (Å²) < 4.78 is 0.306. The van der Waals surface area contributed by atoms with E-state index in [0.717, 1.165) is 5.69 Å². The van der Waals surface area contributed by atoms with Gasteiger partial charge in [0.2, 0.25) is 0 Å². The zero-order chi connectivity index (χ0) is 9.97. The summed E-state index contributed by atoms with van der Waals surface area (Å²) in [5, 5.41) is 2.95. The molecule has 0 atom stereocenters. The first-order chi connectivity index (χ1) is 6.75. The van der Waals surface area contributed by atoms with Gasteiger partial charge in [-0.05, 0) is 61.2 Å². The number of anilines is 1. The Balaban J connectivity index is 2.24. The highest BCUT2D eigenvalue weighted by Crippen LogP contribution is 2.24. The summed E-state index contributed by atoms with van der Waals surface area (Å²) >= 11 is 10.4. The van der Waals surface area contributed by atoms with Crippen molar-refractivity contribution in [3.8, 4) is 0 Å². The molecule has 0 aromatic heterocycles. The third-order valence-corrected chi connectivity index (χ3v) is 2.79. The van der Waals surface area contributed by atoms with Gasteiger partial charge >= 0.3 is 0 Å². The van der Waals surface area contributed by atoms with Crippen LogP contribution in [0.3, 0.4) is 0 Å². The van der Waals surface area contributed by atoms with E-state index in [4.69, 9.17) is 23.8 Å². The standard InChI is InChI=1S/C11H12ClNS/c12-11(14)13-10-6-5-8-3-1-2-4-9(8)7-10/h5-7H,1-4H2,(H,13,14). The normalized spacial score (nSPS) is 14.6. The monoisotopic (exact) mass is 225 g/mol. The minimum Gasteiger partial charge on any atom is -0.337 e. The zero-order valence-corrected chi connectivity index (χ0v) is 9.42. The van der Waals surface area contributed by atoms with Gasteiger partial charge in [-0.3, -0.25) is 0 Å². The maximum atomic E-state index is 5.62. The molecule has 1 aromatic carbocycles. The molecule has 1 aliphatic carbocycles. The topological polar surface area (TPSA) is 12.0 Å². The van der Waals surface area contributed by atoms with Gasteiger partial charge in [-0.1, -0.05) is 17.7 Å². The van der Waals surface area contributed by atoms with Crippen LogP contribution in [0.2, 0.25) is 0 Å². The smallest absolute Gasteiger partial charge is 0.171 e. The van der Waals surface area contributed by atoms with Gasteiger partial charge < -0.3 is 5.32 Å². The van der Waals surface area contributed by atoms with Crippen LogP contribution < -0.4 is 5.32 Å². The molecule has 0 bridgehead atoms. The number of benzene rings is 1. The van der Waals surface area contributed by atoms with Crippen LogP contribution in [0.5, 0.6) is 0 Å². The second kappa shape index (κ2) is 4.28. The second-order valence-corrected chi connectivity index (χ2v) is 4.60. The molecule has 0 amide bonds. The molecule has 0 saturated carbocycles. The Labute approximate surface area is 94.5 Å². The van der Waals surface area contributed by atoms with E-state index in [1.807, 2.05) is 6.07 Å². The van der Waals surface area contributed by atoms with Gasteiger partial charge in [-0.25, -0.2) is 0 Å². The number of fused-ring (bicyclic) bond motifs is 1. The van der Waals surface area contributed by atoms with Crippen molar-refractivity contribution in [1.29, 1.82) is 0 Å². The molecule has 0 aliphatic heterocycles. The molecule has 1 aromatic rings. The molecular weight excluding hydrogens is 214 g/mol. The molecule has 3 heteroatoms. The Morgan fingerprint density at radius 3 is 2.64 bits per heavy atom. The van der Waals surface area contributed by atoms with Crippen LogP contribution in [-0.4, -0.2) is 4.45 Å². The van der Waals surface area contributed by atoms with Gasteiger partial charge in [0, 0.05) is 5.69 Å². The lowest BCUT2D eigenvalue weighted by molar-refractivity contribution is 0.686. The molecule has 1 nitrogen and oxygen atoms in total. The molecule has 0 spiro atoms. The molecule has 0 radical (unpaired) electrons. The summed E-state index contributed by atoms with van der Waals surface area (Å²) in [5.74, 6) is 0. The van der Waals surface area contributed by atoms with Crippen molar-refractivity contribution in [1.82, 2.24) is 0 Å². The van der Waals surface area contributed by atoms with Crippen LogP contribution in [0, 0.1) is 0 Å². The van der Waals surface area contributed by atoms with Crippen molar-refractivity contribution in [2.45, 2.75) is 25.7 Å². The maximum Gasteiger partial charge on any atom is 0.171 e. The minimum absolute atomic E-state index is 0.306. The van der Waals surface area contributed by atoms with Crippen LogP contribution >= 0.6 is 23.8 Å². The molecule has 2 rings (SSSR count). The van der Waals surface area contributed by atoms with Crippen LogP contribution in [0.15, 0.2) is 18.2 Å². The number of hydrogen-bond acceptors (Lipinski definition) is 1. The van der Waals surface area contributed by atoms with Gasteiger partial charge in [0.1, 0.15) is 0 Å². The summed E-state index contributed by atoms with van der Waals surface area (Å²) in [6.45, 7) is 0. The van der Waals surface area contributed by atoms with E-state index < -0.39 is 0 Å². The Hall–Kier alpha value is -0.600. The van der Waals surface area contributed by atoms with Gasteiger partial charge in [0.25, 0.3) is 0 Å². The fourth-order valence-corrected chi connectivity index (χ4v) is 2.15. The highest BCUT2D eigenvalue weighted by atomic mass is 35.5. The molecule has 1 aliphatic rings. The molecule has 0 heterocycles. The van der Waals surface area contributed by atoms with Gasteiger partial charge in [0.05, 0.1) is 0 Å². The molecule has 0 saturated heterocycles. The predicted octanol–water partition coefficient (Wildman–Crippen LogP) is 3.50. The fourth-order valence-electron chi connectivity index (χ4n) is 1.92. The molecule has 0 fully saturated rings. The van der Waals surface area contributed by atoms with Crippen molar-refractivity contribution in [3.63, 3.8) is 0 Å². The average molecular weight is 226 g/mol. The van der Waals surface area contributed by atoms with E-state index >= 15 is 0 Å². The van der Waals surface area contributed by atoms with Crippen LogP contribution in [0.25, 0.3) is 0 Å². The first-order valence-corrected chi connectivity index (χ1v) is 5.62. The lowest BCUT2D eigenvalue weighted by Gasteiger charge is -2.16. The van der Waals surface area contributed by atoms with E-state index in [1.165, 1.54) is 36.8 Å². The van der Waals surface area contributed by atoms with Crippen molar-refractivity contribution in [2.24, 2.45) is 0 Å². The van der Waals surface area contributed by atoms with E-state index in [2.05, 4.69) is 17.4 Å². The Morgan fingerprint density at radius 1 is 1.21 bits per heavy atom. The highest BCUT2D eigenvalue weighted by molar-refractivity contribution is 7.83. The molecule has 1 N–H and O–H groups in total. The Morgan fingerprint density at radius 2 is 1.93 bits per heavy atom. The van der Waals surface area contributed by atoms with Gasteiger partial charge in [-0.2, -0.15) is 0 Å². The molecular formula is C11H12ClNS. The molecule has 14 heavy (non-hydrogen) atoms. The van der Waals surface area contributed by atoms with Crippen molar-refractivity contribution < 1.29 is 0 Å². The summed E-state index contributed by atoms with van der Waals surface area (Å²) in [6, 6.07) is 6.37. The minimum atomic E-state index is 0.306. The van der Waals surface area contributed by atoms with E-state index in [9.17, 15) is 0 Å². The third-order valence-electron chi connectivity index (χ3n) is 2.59. The van der Waals surface area contributed by atoms with Gasteiger partial charge in [0.15, 0.2) is 4.45 Å². The van der Waals surface area contributed by atoms with Crippen LogP contribution in [-0.2, 0) is 12.8 Å². The zero-order valence-electron chi connectivity index (χ0n) is 7.85. The largest absolute Gasteiger partial charge is 0.337 e. The number of hydrogen-bond donors (Lipinski definition) is 1. The van der Waals surface area contributed by atoms with E-state index in [1.54, 1.807) is 0 Å². The predicted molar refractivity (Wildman–Crippen MR) is 65.2 cm³/mol. The Kier molecular flexibility index (Phi) is 3.04. The van der Waals surface area contributed by atoms with Crippen molar-refractivity contribution in [2.75, 3.05) is 5.32 Å². The van der Waals surface area contributed by atoms with E-state index in [-0.39, 0.29) is 0 Å². The van der Waals surface area contributed by atoms with Crippen LogP contribution in [0.1, 0.15) is 24.0 Å². The number of nitrogens with one attached hydrogen (secondary N) is 1. The average Bonchev–Trinajstić information content (AvgIpc) is 2.17. The first kappa shape index (κ1) is 9.94. The van der Waals surface area contributed by atoms with Crippen molar-refractivity contribution in [3.05, 3.63) is 29.3 Å². The third kappa shape index (κ3) is 2.25. The lowest BCUT2D eigenvalue weighted by atomic mass is 9.91. The lowest BCUT2D eigenvalue weighted by Crippen LogP contribution is -2.05. The molecule has 0 unspecified atom stereocenters. The van der Waals surface area contributed by atoms with Gasteiger partial charge in [-0.15, -0.1) is 0 Å². The summed E-state index contributed by atoms with van der Waals surface area (Å²) in [4.78, 5) is 0. The highest BCUT2D eigenvalue weighted by Gasteiger charge is 2.09. The SMILES string of the molecule is S=C(Cl)Nc1ccc2c(c1)CCCC2. The summed E-state index contributed by atoms with van der Waals surface area (Å²) in [6.07, 6.45) is 5.00. The van der Waals surface area contributed by atoms with E-state index in [0.29, 0.717) is 4.45 Å². The molecule has 74 valence electrons. The maximum absolute atomic E-state index is 5.62. The summed E-state index contributed by atoms with van der Waals surface area (Å²) in [5.41, 5.74) is 3.92. The number of aryl methyl sites for hydroxylation is 2. The first-order valence-electron chi connectivity index (χ1n) is 4.84.